The third kappa shape index (κ3) is 3.88. The monoisotopic (exact) mass is 276 g/mol. The highest BCUT2D eigenvalue weighted by molar-refractivity contribution is 7.89. The number of hydrogen-bond donors (Lipinski definition) is 0. The van der Waals surface area contributed by atoms with Gasteiger partial charge in [-0.2, -0.15) is 9.30 Å². The predicted molar refractivity (Wildman–Crippen MR) is 67.3 cm³/mol. The highest BCUT2D eigenvalue weighted by Crippen LogP contribution is 2.26. The number of ether oxygens (including phenoxy) is 1. The maximum atomic E-state index is 12.2. The largest absolute Gasteiger partial charge is 0.385 e. The summed E-state index contributed by atoms with van der Waals surface area (Å²) in [6.07, 6.45) is 3.01. The summed E-state index contributed by atoms with van der Waals surface area (Å²) in [7, 11) is -1.84. The fraction of sp³-hybridized carbons (Fsp3) is 0.909. The number of hydrogen-bond acceptors (Lipinski definition) is 5. The van der Waals surface area contributed by atoms with E-state index in [-0.39, 0.29) is 11.7 Å². The highest BCUT2D eigenvalue weighted by atomic mass is 32.2. The van der Waals surface area contributed by atoms with Crippen LogP contribution in [0, 0.1) is 5.92 Å². The molecule has 0 saturated carbocycles. The van der Waals surface area contributed by atoms with Crippen LogP contribution in [0.2, 0.25) is 0 Å². The molecular formula is C11H20N2O4S. The van der Waals surface area contributed by atoms with Gasteiger partial charge in [0.25, 0.3) is 0 Å². The van der Waals surface area contributed by atoms with E-state index >= 15 is 0 Å². The Balaban J connectivity index is 2.79. The Bertz CT molecular complexity index is 403. The first-order chi connectivity index (χ1) is 8.53. The van der Waals surface area contributed by atoms with Gasteiger partial charge in [0.2, 0.25) is 16.1 Å². The van der Waals surface area contributed by atoms with Crippen LogP contribution in [0.4, 0.5) is 0 Å². The van der Waals surface area contributed by atoms with Crippen LogP contribution in [0.15, 0.2) is 4.99 Å². The molecule has 1 saturated heterocycles. The van der Waals surface area contributed by atoms with Crippen molar-refractivity contribution >= 4 is 16.1 Å². The number of rotatable bonds is 6. The third-order valence-corrected chi connectivity index (χ3v) is 5.05. The Morgan fingerprint density at radius 3 is 2.83 bits per heavy atom. The molecule has 0 bridgehead atoms. The maximum Gasteiger partial charge on any atom is 0.236 e. The van der Waals surface area contributed by atoms with Crippen molar-refractivity contribution in [2.75, 3.05) is 26.0 Å². The smallest absolute Gasteiger partial charge is 0.236 e. The number of nitrogens with zero attached hydrogens (tertiary/aromatic N) is 2. The lowest BCUT2D eigenvalue weighted by atomic mass is 9.98. The van der Waals surface area contributed by atoms with Crippen LogP contribution in [0.5, 0.6) is 0 Å². The summed E-state index contributed by atoms with van der Waals surface area (Å²) in [5.41, 5.74) is 0. The molecule has 0 aliphatic carbocycles. The lowest BCUT2D eigenvalue weighted by Gasteiger charge is -2.35. The summed E-state index contributed by atoms with van der Waals surface area (Å²) in [6, 6.07) is 0. The van der Waals surface area contributed by atoms with E-state index in [1.165, 1.54) is 17.5 Å². The van der Waals surface area contributed by atoms with Gasteiger partial charge in [0.15, 0.2) is 0 Å². The number of isocyanates is 1. The zero-order valence-electron chi connectivity index (χ0n) is 10.8. The summed E-state index contributed by atoms with van der Waals surface area (Å²) >= 11 is 0. The molecule has 1 fully saturated rings. The van der Waals surface area contributed by atoms with Crippen molar-refractivity contribution in [3.63, 3.8) is 0 Å². The van der Waals surface area contributed by atoms with Crippen LogP contribution in [0.1, 0.15) is 26.2 Å². The van der Waals surface area contributed by atoms with Gasteiger partial charge in [-0.3, -0.25) is 0 Å². The van der Waals surface area contributed by atoms with Crippen molar-refractivity contribution in [2.24, 2.45) is 10.9 Å². The Kier molecular flexibility index (Phi) is 5.95. The molecule has 0 amide bonds. The van der Waals surface area contributed by atoms with Gasteiger partial charge in [0.05, 0.1) is 5.75 Å². The number of methoxy groups -OCH3 is 1. The van der Waals surface area contributed by atoms with Crippen molar-refractivity contribution < 1.29 is 17.9 Å². The van der Waals surface area contributed by atoms with E-state index in [0.29, 0.717) is 19.6 Å². The molecule has 1 aliphatic heterocycles. The SMILES string of the molecule is COCCCS(=O)(=O)N1CCCC(C)C1N=C=O. The normalized spacial score (nSPS) is 25.7. The zero-order chi connectivity index (χ0) is 13.6. The van der Waals surface area contributed by atoms with E-state index < -0.39 is 16.2 Å². The molecule has 0 N–H and O–H groups in total. The van der Waals surface area contributed by atoms with Crippen molar-refractivity contribution in [3.8, 4) is 0 Å². The molecule has 1 heterocycles. The van der Waals surface area contributed by atoms with Gasteiger partial charge in [-0.15, -0.1) is 0 Å². The molecule has 0 aromatic rings. The second-order valence-corrected chi connectivity index (χ2v) is 6.57. The van der Waals surface area contributed by atoms with E-state index in [4.69, 9.17) is 4.74 Å². The van der Waals surface area contributed by atoms with Crippen molar-refractivity contribution in [3.05, 3.63) is 0 Å². The van der Waals surface area contributed by atoms with Gasteiger partial charge < -0.3 is 4.74 Å². The number of sulfonamides is 1. The first-order valence-electron chi connectivity index (χ1n) is 6.08. The van der Waals surface area contributed by atoms with Crippen LogP contribution in [-0.2, 0) is 19.6 Å². The molecule has 6 nitrogen and oxygen atoms in total. The molecular weight excluding hydrogens is 256 g/mol. The van der Waals surface area contributed by atoms with Gasteiger partial charge in [-0.05, 0) is 25.2 Å². The van der Waals surface area contributed by atoms with Gasteiger partial charge in [0.1, 0.15) is 6.17 Å². The maximum absolute atomic E-state index is 12.2. The summed E-state index contributed by atoms with van der Waals surface area (Å²) in [6.45, 7) is 2.74. The van der Waals surface area contributed by atoms with Crippen molar-refractivity contribution in [2.45, 2.75) is 32.4 Å². The van der Waals surface area contributed by atoms with Crippen LogP contribution in [-0.4, -0.2) is 51.0 Å². The van der Waals surface area contributed by atoms with Crippen LogP contribution in [0.25, 0.3) is 0 Å². The molecule has 2 atom stereocenters. The van der Waals surface area contributed by atoms with Crippen LogP contribution in [0.3, 0.4) is 0 Å². The van der Waals surface area contributed by atoms with Gasteiger partial charge >= 0.3 is 0 Å². The van der Waals surface area contributed by atoms with Crippen molar-refractivity contribution in [1.82, 2.24) is 4.31 Å². The number of aliphatic imine (C=N–C) groups is 1. The van der Waals surface area contributed by atoms with Crippen LogP contribution >= 0.6 is 0 Å². The van der Waals surface area contributed by atoms with E-state index in [1.54, 1.807) is 0 Å². The third-order valence-electron chi connectivity index (χ3n) is 3.14. The Morgan fingerprint density at radius 2 is 2.22 bits per heavy atom. The van der Waals surface area contributed by atoms with E-state index in [0.717, 1.165) is 12.8 Å². The summed E-state index contributed by atoms with van der Waals surface area (Å²) in [5, 5.41) is 0. The number of piperidine rings is 1. The summed E-state index contributed by atoms with van der Waals surface area (Å²) in [5.74, 6) is 0.0794. The molecule has 2 unspecified atom stereocenters. The van der Waals surface area contributed by atoms with E-state index in [2.05, 4.69) is 4.99 Å². The standard InChI is InChI=1S/C11H20N2O4S/c1-10-5-3-6-13(11(10)12-9-14)18(15,16)8-4-7-17-2/h10-11H,3-8H2,1-2H3. The average Bonchev–Trinajstić information content (AvgIpc) is 2.32. The summed E-state index contributed by atoms with van der Waals surface area (Å²) in [4.78, 5) is 14.1. The van der Waals surface area contributed by atoms with Gasteiger partial charge in [-0.1, -0.05) is 6.92 Å². The van der Waals surface area contributed by atoms with E-state index in [1.807, 2.05) is 6.92 Å². The minimum atomic E-state index is -3.38. The second kappa shape index (κ2) is 6.99. The lowest BCUT2D eigenvalue weighted by molar-refractivity contribution is 0.188. The topological polar surface area (TPSA) is 76.0 Å². The minimum Gasteiger partial charge on any atom is -0.385 e. The molecule has 7 heteroatoms. The molecule has 1 aliphatic rings. The molecule has 104 valence electrons. The Labute approximate surface area is 108 Å². The summed E-state index contributed by atoms with van der Waals surface area (Å²) < 4.78 is 30.5. The number of carbonyl (C=O) groups excluding carboxylic acids is 1. The average molecular weight is 276 g/mol. The minimum absolute atomic E-state index is 0.0262. The second-order valence-electron chi connectivity index (χ2n) is 4.53. The van der Waals surface area contributed by atoms with Gasteiger partial charge in [0, 0.05) is 20.3 Å². The fourth-order valence-corrected chi connectivity index (χ4v) is 3.89. The molecule has 1 rings (SSSR count). The van der Waals surface area contributed by atoms with Crippen molar-refractivity contribution in [1.29, 1.82) is 0 Å². The molecule has 0 radical (unpaired) electrons. The Hall–Kier alpha value is -0.750. The molecule has 0 aromatic carbocycles. The zero-order valence-corrected chi connectivity index (χ0v) is 11.6. The van der Waals surface area contributed by atoms with E-state index in [9.17, 15) is 13.2 Å². The molecule has 0 aromatic heterocycles. The Morgan fingerprint density at radius 1 is 1.50 bits per heavy atom. The quantitative estimate of drug-likeness (QED) is 0.407. The van der Waals surface area contributed by atoms with Crippen LogP contribution < -0.4 is 0 Å². The molecule has 0 spiro atoms. The lowest BCUT2D eigenvalue weighted by Crippen LogP contribution is -2.47. The highest BCUT2D eigenvalue weighted by Gasteiger charge is 2.35. The fourth-order valence-electron chi connectivity index (χ4n) is 2.19. The predicted octanol–water partition coefficient (Wildman–Crippen LogP) is 0.746. The first-order valence-corrected chi connectivity index (χ1v) is 7.69. The molecule has 18 heavy (non-hydrogen) atoms. The van der Waals surface area contributed by atoms with Gasteiger partial charge in [-0.25, -0.2) is 13.2 Å². The first kappa shape index (κ1) is 15.3.